The van der Waals surface area contributed by atoms with Crippen molar-refractivity contribution in [3.63, 3.8) is 0 Å². The van der Waals surface area contributed by atoms with Gasteiger partial charge in [0.05, 0.1) is 12.7 Å². The number of hydrogen-bond acceptors (Lipinski definition) is 3. The number of ether oxygens (including phenoxy) is 1. The van der Waals surface area contributed by atoms with E-state index in [2.05, 4.69) is 10.6 Å². The molecule has 0 aliphatic heterocycles. The third-order valence-electron chi connectivity index (χ3n) is 5.37. The molecule has 0 saturated heterocycles. The average molecular weight is 358 g/mol. The van der Waals surface area contributed by atoms with E-state index in [1.165, 1.54) is 25.7 Å². The molecule has 2 aliphatic rings. The Bertz CT molecular complexity index is 605. The minimum absolute atomic E-state index is 0.136. The third-order valence-corrected chi connectivity index (χ3v) is 5.37. The van der Waals surface area contributed by atoms with Gasteiger partial charge in [-0.3, -0.25) is 9.59 Å². The molecular weight excluding hydrogens is 328 g/mol. The molecule has 1 aromatic rings. The van der Waals surface area contributed by atoms with Gasteiger partial charge in [-0.05, 0) is 43.4 Å². The normalized spacial score (nSPS) is 19.1. The molecule has 0 atom stereocenters. The highest BCUT2D eigenvalue weighted by molar-refractivity contribution is 6.39. The van der Waals surface area contributed by atoms with Gasteiger partial charge in [0.1, 0.15) is 0 Å². The number of anilines is 1. The van der Waals surface area contributed by atoms with Crippen LogP contribution in [-0.4, -0.2) is 24.0 Å². The van der Waals surface area contributed by atoms with Crippen LogP contribution in [0.2, 0.25) is 0 Å². The first-order chi connectivity index (χ1) is 12.7. The van der Waals surface area contributed by atoms with E-state index in [1.54, 1.807) is 6.07 Å². The lowest BCUT2D eigenvalue weighted by atomic mass is 9.95. The SMILES string of the molecule is O=C(Nc1cccc(COC2CCCCC2)c1)C(=O)NC1CCCCC1. The lowest BCUT2D eigenvalue weighted by Gasteiger charge is -2.22. The number of carbonyl (C=O) groups excluding carboxylic acids is 2. The Labute approximate surface area is 155 Å². The molecule has 1 aromatic carbocycles. The predicted octanol–water partition coefficient (Wildman–Crippen LogP) is 3.92. The molecule has 142 valence electrons. The molecule has 2 aliphatic carbocycles. The summed E-state index contributed by atoms with van der Waals surface area (Å²) in [5, 5.41) is 5.55. The molecule has 3 rings (SSSR count). The largest absolute Gasteiger partial charge is 0.374 e. The van der Waals surface area contributed by atoms with Crippen LogP contribution in [0.1, 0.15) is 69.8 Å². The number of carbonyl (C=O) groups is 2. The molecule has 0 bridgehead atoms. The zero-order chi connectivity index (χ0) is 18.2. The maximum absolute atomic E-state index is 12.1. The fraction of sp³-hybridized carbons (Fsp3) is 0.619. The maximum atomic E-state index is 12.1. The Morgan fingerprint density at radius 1 is 0.923 bits per heavy atom. The van der Waals surface area contributed by atoms with Crippen LogP contribution in [0.25, 0.3) is 0 Å². The van der Waals surface area contributed by atoms with Crippen molar-refractivity contribution < 1.29 is 14.3 Å². The quantitative estimate of drug-likeness (QED) is 0.784. The number of benzene rings is 1. The Kier molecular flexibility index (Phi) is 7.06. The summed E-state index contributed by atoms with van der Waals surface area (Å²) in [6.07, 6.45) is 11.8. The van der Waals surface area contributed by atoms with Crippen LogP contribution in [-0.2, 0) is 20.9 Å². The Morgan fingerprint density at radius 2 is 1.62 bits per heavy atom. The summed E-state index contributed by atoms with van der Waals surface area (Å²) >= 11 is 0. The van der Waals surface area contributed by atoms with Crippen LogP contribution in [0.15, 0.2) is 24.3 Å². The highest BCUT2D eigenvalue weighted by Crippen LogP contribution is 2.22. The molecule has 0 heterocycles. The smallest absolute Gasteiger partial charge is 0.313 e. The van der Waals surface area contributed by atoms with Crippen LogP contribution in [0.4, 0.5) is 5.69 Å². The zero-order valence-electron chi connectivity index (χ0n) is 15.5. The van der Waals surface area contributed by atoms with E-state index in [0.717, 1.165) is 44.1 Å². The van der Waals surface area contributed by atoms with Crippen LogP contribution in [0.5, 0.6) is 0 Å². The summed E-state index contributed by atoms with van der Waals surface area (Å²) in [5.74, 6) is -1.14. The summed E-state index contributed by atoms with van der Waals surface area (Å²) in [5.41, 5.74) is 1.65. The number of rotatable bonds is 5. The number of hydrogen-bond donors (Lipinski definition) is 2. The maximum Gasteiger partial charge on any atom is 0.313 e. The number of nitrogens with one attached hydrogen (secondary N) is 2. The summed E-state index contributed by atoms with van der Waals surface area (Å²) in [6.45, 7) is 0.544. The van der Waals surface area contributed by atoms with Crippen molar-refractivity contribution >= 4 is 17.5 Å². The van der Waals surface area contributed by atoms with E-state index >= 15 is 0 Å². The van der Waals surface area contributed by atoms with Crippen molar-refractivity contribution in [3.8, 4) is 0 Å². The molecule has 0 unspecified atom stereocenters. The second kappa shape index (κ2) is 9.72. The Hall–Kier alpha value is -1.88. The zero-order valence-corrected chi connectivity index (χ0v) is 15.5. The lowest BCUT2D eigenvalue weighted by molar-refractivity contribution is -0.136. The van der Waals surface area contributed by atoms with Crippen molar-refractivity contribution in [1.29, 1.82) is 0 Å². The molecule has 0 spiro atoms. The third kappa shape index (κ3) is 5.84. The minimum atomic E-state index is -0.596. The van der Waals surface area contributed by atoms with Crippen LogP contribution >= 0.6 is 0 Å². The van der Waals surface area contributed by atoms with E-state index < -0.39 is 11.8 Å². The van der Waals surface area contributed by atoms with Gasteiger partial charge in [0.25, 0.3) is 0 Å². The Balaban J connectivity index is 1.47. The fourth-order valence-electron chi connectivity index (χ4n) is 3.87. The van der Waals surface area contributed by atoms with Gasteiger partial charge < -0.3 is 15.4 Å². The highest BCUT2D eigenvalue weighted by atomic mass is 16.5. The first-order valence-electron chi connectivity index (χ1n) is 10.0. The molecule has 5 nitrogen and oxygen atoms in total. The number of amides is 2. The molecule has 26 heavy (non-hydrogen) atoms. The van der Waals surface area contributed by atoms with Crippen LogP contribution in [0, 0.1) is 0 Å². The van der Waals surface area contributed by atoms with Gasteiger partial charge in [0.2, 0.25) is 0 Å². The molecule has 0 aromatic heterocycles. The van der Waals surface area contributed by atoms with Crippen molar-refractivity contribution in [2.75, 3.05) is 5.32 Å². The van der Waals surface area contributed by atoms with Gasteiger partial charge in [-0.2, -0.15) is 0 Å². The monoisotopic (exact) mass is 358 g/mol. The van der Waals surface area contributed by atoms with E-state index in [0.29, 0.717) is 18.4 Å². The summed E-state index contributed by atoms with van der Waals surface area (Å²) in [4.78, 5) is 24.2. The van der Waals surface area contributed by atoms with Gasteiger partial charge in [-0.1, -0.05) is 50.7 Å². The first-order valence-corrected chi connectivity index (χ1v) is 10.0. The van der Waals surface area contributed by atoms with Crippen LogP contribution < -0.4 is 10.6 Å². The molecule has 2 saturated carbocycles. The van der Waals surface area contributed by atoms with Gasteiger partial charge >= 0.3 is 11.8 Å². The van der Waals surface area contributed by atoms with Crippen LogP contribution in [0.3, 0.4) is 0 Å². The summed E-state index contributed by atoms with van der Waals surface area (Å²) in [7, 11) is 0. The second-order valence-corrected chi connectivity index (χ2v) is 7.53. The van der Waals surface area contributed by atoms with Gasteiger partial charge in [-0.25, -0.2) is 0 Å². The summed E-state index contributed by atoms with van der Waals surface area (Å²) < 4.78 is 5.98. The minimum Gasteiger partial charge on any atom is -0.374 e. The van der Waals surface area contributed by atoms with Gasteiger partial charge in [0, 0.05) is 11.7 Å². The van der Waals surface area contributed by atoms with E-state index in [4.69, 9.17) is 4.74 Å². The molecule has 5 heteroatoms. The van der Waals surface area contributed by atoms with Crippen molar-refractivity contribution in [2.24, 2.45) is 0 Å². The summed E-state index contributed by atoms with van der Waals surface area (Å²) in [6, 6.07) is 7.69. The molecular formula is C21H30N2O3. The predicted molar refractivity (Wildman–Crippen MR) is 102 cm³/mol. The first kappa shape index (κ1) is 18.9. The van der Waals surface area contributed by atoms with Gasteiger partial charge in [-0.15, -0.1) is 0 Å². The average Bonchev–Trinajstić information content (AvgIpc) is 2.68. The van der Waals surface area contributed by atoms with Gasteiger partial charge in [0.15, 0.2) is 0 Å². The van der Waals surface area contributed by atoms with E-state index in [9.17, 15) is 9.59 Å². The van der Waals surface area contributed by atoms with Crippen molar-refractivity contribution in [2.45, 2.75) is 83.0 Å². The van der Waals surface area contributed by atoms with E-state index in [-0.39, 0.29) is 6.04 Å². The van der Waals surface area contributed by atoms with E-state index in [1.807, 2.05) is 18.2 Å². The fourth-order valence-corrected chi connectivity index (χ4v) is 3.87. The second-order valence-electron chi connectivity index (χ2n) is 7.53. The molecule has 2 fully saturated rings. The molecule has 2 N–H and O–H groups in total. The molecule has 2 amide bonds. The lowest BCUT2D eigenvalue weighted by Crippen LogP contribution is -2.42. The van der Waals surface area contributed by atoms with Crippen molar-refractivity contribution in [3.05, 3.63) is 29.8 Å². The Morgan fingerprint density at radius 3 is 2.35 bits per heavy atom. The standard InChI is InChI=1S/C21H30N2O3/c24-20(22-17-9-3-1-4-10-17)21(25)23-18-11-7-8-16(14-18)15-26-19-12-5-2-6-13-19/h7-8,11,14,17,19H,1-6,9-10,12-13,15H2,(H,22,24)(H,23,25). The molecule has 0 radical (unpaired) electrons. The van der Waals surface area contributed by atoms with Crippen molar-refractivity contribution in [1.82, 2.24) is 5.32 Å². The topological polar surface area (TPSA) is 67.4 Å². The highest BCUT2D eigenvalue weighted by Gasteiger charge is 2.20.